The number of aromatic amines is 1. The molecule has 0 aliphatic carbocycles. The zero-order valence-corrected chi connectivity index (χ0v) is 28.7. The van der Waals surface area contributed by atoms with Crippen molar-refractivity contribution in [2.75, 3.05) is 21.3 Å². The van der Waals surface area contributed by atoms with Gasteiger partial charge in [0.25, 0.3) is 0 Å². The van der Waals surface area contributed by atoms with Gasteiger partial charge in [0.1, 0.15) is 11.9 Å². The molecule has 0 aliphatic heterocycles. The highest BCUT2D eigenvalue weighted by atomic mass is 32.3. The lowest BCUT2D eigenvalue weighted by molar-refractivity contribution is 0.0926. The van der Waals surface area contributed by atoms with Crippen LogP contribution in [0.3, 0.4) is 0 Å². The minimum Gasteiger partial charge on any atom is -0.388 e. The van der Waals surface area contributed by atoms with Gasteiger partial charge in [-0.25, -0.2) is 4.68 Å². The first kappa shape index (κ1) is 39.4. The van der Waals surface area contributed by atoms with Gasteiger partial charge < -0.3 is 9.47 Å². The van der Waals surface area contributed by atoms with Crippen molar-refractivity contribution in [1.29, 1.82) is 0 Å². The standard InChI is InChI=1S/C22H28F2N6S2.C5H10N4O.C2H6O/c1-6-8-17(3)12-25-18(4)22(14-26-28-19(5)30(31-23)32-24)20-13-27-29(15-20)21-10-7-9-16(2)11-21;1-3-4(10-2)5-6-8-9-7-5;1-3-2/h7,9-15,17,28H,5-6,8H2,1-4H3;4H,3H2,1-2H3,(H,6,7,8,9);1-2H3/b22-18-,25-12?,26-14-;;. The number of hydrogen-bond donors (Lipinski definition) is 2. The molecule has 3 rings (SSSR count). The van der Waals surface area contributed by atoms with Crippen LogP contribution in [0, 0.1) is 12.8 Å². The van der Waals surface area contributed by atoms with Gasteiger partial charge in [-0.2, -0.15) is 19.1 Å². The molecule has 2 heterocycles. The van der Waals surface area contributed by atoms with Crippen LogP contribution in [0.15, 0.2) is 64.8 Å². The largest absolute Gasteiger partial charge is 0.388 e. The number of benzene rings is 1. The van der Waals surface area contributed by atoms with E-state index in [1.807, 2.05) is 57.4 Å². The van der Waals surface area contributed by atoms with Crippen LogP contribution >= 0.6 is 24.7 Å². The van der Waals surface area contributed by atoms with Crippen LogP contribution in [-0.4, -0.2) is 67.9 Å². The Morgan fingerprint density at radius 2 is 1.96 bits per heavy atom. The molecule has 45 heavy (non-hydrogen) atoms. The number of ether oxygens (including phenoxy) is 2. The Kier molecular flexibility index (Phi) is 20.0. The topological polar surface area (TPSA) is 131 Å². The zero-order chi connectivity index (χ0) is 33.6. The average molecular weight is 667 g/mol. The van der Waals surface area contributed by atoms with Gasteiger partial charge in [-0.05, 0) is 50.3 Å². The van der Waals surface area contributed by atoms with E-state index in [0.717, 1.165) is 47.3 Å². The molecule has 2 N–H and O–H groups in total. The Labute approximate surface area is 273 Å². The van der Waals surface area contributed by atoms with Gasteiger partial charge in [0.2, 0.25) is 5.82 Å². The molecule has 16 heteroatoms. The summed E-state index contributed by atoms with van der Waals surface area (Å²) in [7, 11) is 4.88. The molecule has 0 fully saturated rings. The molecule has 2 aromatic heterocycles. The van der Waals surface area contributed by atoms with E-state index in [9.17, 15) is 7.77 Å². The summed E-state index contributed by atoms with van der Waals surface area (Å²) < 4.78 is 37.1. The highest BCUT2D eigenvalue weighted by Crippen LogP contribution is 2.27. The summed E-state index contributed by atoms with van der Waals surface area (Å²) >= 11 is -0.612. The minimum absolute atomic E-state index is 0.0289. The molecule has 2 unspecified atom stereocenters. The third-order valence-electron chi connectivity index (χ3n) is 5.85. The second-order valence-corrected chi connectivity index (χ2v) is 10.8. The summed E-state index contributed by atoms with van der Waals surface area (Å²) in [6.45, 7) is 13.7. The van der Waals surface area contributed by atoms with Crippen molar-refractivity contribution < 1.29 is 17.2 Å². The summed E-state index contributed by atoms with van der Waals surface area (Å²) in [4.78, 5) is 4.62. The number of allylic oxidation sites excluding steroid dienone is 2. The molecule has 12 nitrogen and oxygen atoms in total. The van der Waals surface area contributed by atoms with Gasteiger partial charge in [0.05, 0.1) is 18.1 Å². The van der Waals surface area contributed by atoms with Crippen LogP contribution in [0.5, 0.6) is 0 Å². The Balaban J connectivity index is 0.000000646. The van der Waals surface area contributed by atoms with Crippen molar-refractivity contribution in [1.82, 2.24) is 39.5 Å². The predicted octanol–water partition coefficient (Wildman–Crippen LogP) is 7.39. The lowest BCUT2D eigenvalue weighted by Crippen LogP contribution is -2.15. The van der Waals surface area contributed by atoms with Gasteiger partial charge in [0.15, 0.2) is 24.7 Å². The quantitative estimate of drug-likeness (QED) is 0.0962. The van der Waals surface area contributed by atoms with Crippen LogP contribution in [0.4, 0.5) is 7.77 Å². The molecule has 0 amide bonds. The van der Waals surface area contributed by atoms with E-state index in [-0.39, 0.29) is 36.6 Å². The second-order valence-electron chi connectivity index (χ2n) is 9.58. The third-order valence-corrected chi connectivity index (χ3v) is 6.88. The number of nitrogens with zero attached hydrogens (tertiary/aromatic N) is 8. The maximum Gasteiger partial charge on any atom is 0.203 e. The maximum atomic E-state index is 12.7. The van der Waals surface area contributed by atoms with E-state index in [1.165, 1.54) is 0 Å². The summed E-state index contributed by atoms with van der Waals surface area (Å²) in [5.41, 5.74) is 6.87. The van der Waals surface area contributed by atoms with E-state index in [1.54, 1.807) is 38.4 Å². The van der Waals surface area contributed by atoms with Crippen molar-refractivity contribution in [3.05, 3.63) is 71.7 Å². The molecule has 0 aliphatic rings. The van der Waals surface area contributed by atoms with E-state index >= 15 is 0 Å². The van der Waals surface area contributed by atoms with Crippen LogP contribution < -0.4 is 5.43 Å². The zero-order valence-electron chi connectivity index (χ0n) is 27.1. The first-order valence-corrected chi connectivity index (χ1v) is 15.4. The van der Waals surface area contributed by atoms with Gasteiger partial charge in [-0.15, -0.1) is 18.0 Å². The number of aryl methyl sites for hydroxylation is 1. The molecule has 1 aromatic carbocycles. The Bertz CT molecular complexity index is 1330. The molecule has 0 radical (unpaired) electrons. The fraction of sp³-hybridized carbons (Fsp3) is 0.448. The highest BCUT2D eigenvalue weighted by Gasteiger charge is 2.12. The monoisotopic (exact) mass is 666 g/mol. The molecule has 0 spiro atoms. The van der Waals surface area contributed by atoms with Gasteiger partial charge in [0, 0.05) is 50.6 Å². The SMILES string of the molecule is C=C(N/N=C\C(=C(/C)N=CC(C)CCC)c1cnn(-c2cccc(C)c2)c1)N(SF)SF.CCC(OC)c1nn[nH]n1.COC. The van der Waals surface area contributed by atoms with Crippen LogP contribution in [-0.2, 0) is 9.47 Å². The minimum atomic E-state index is -0.306. The third kappa shape index (κ3) is 14.4. The average Bonchev–Trinajstić information content (AvgIpc) is 3.74. The van der Waals surface area contributed by atoms with Gasteiger partial charge >= 0.3 is 0 Å². The van der Waals surface area contributed by atoms with Crippen LogP contribution in [0.25, 0.3) is 11.3 Å². The molecule has 0 saturated heterocycles. The van der Waals surface area contributed by atoms with Crippen molar-refractivity contribution in [2.24, 2.45) is 16.0 Å². The first-order valence-electron chi connectivity index (χ1n) is 14.1. The number of rotatable bonds is 15. The van der Waals surface area contributed by atoms with E-state index < -0.39 is 0 Å². The number of methoxy groups -OCH3 is 2. The summed E-state index contributed by atoms with van der Waals surface area (Å²) in [5, 5.41) is 21.9. The van der Waals surface area contributed by atoms with Crippen molar-refractivity contribution >= 4 is 42.7 Å². The number of tetrazole rings is 1. The maximum absolute atomic E-state index is 12.7. The number of aliphatic imine (C=N–C) groups is 1. The fourth-order valence-electron chi connectivity index (χ4n) is 3.66. The molecule has 0 saturated carbocycles. The Hall–Kier alpha value is -3.60. The van der Waals surface area contributed by atoms with Gasteiger partial charge in [-0.1, -0.05) is 51.1 Å². The Morgan fingerprint density at radius 3 is 2.51 bits per heavy atom. The van der Waals surface area contributed by atoms with E-state index in [2.05, 4.69) is 66.4 Å². The number of hydrogen-bond acceptors (Lipinski definition) is 12. The number of H-pyrrole nitrogens is 1. The number of nitrogens with one attached hydrogen (secondary N) is 2. The van der Waals surface area contributed by atoms with Crippen molar-refractivity contribution in [3.8, 4) is 5.69 Å². The number of hydrazone groups is 1. The molecule has 248 valence electrons. The van der Waals surface area contributed by atoms with E-state index in [0.29, 0.717) is 15.5 Å². The highest BCUT2D eigenvalue weighted by molar-refractivity contribution is 8.07. The molecule has 2 atom stereocenters. The number of halogens is 2. The van der Waals surface area contributed by atoms with Crippen molar-refractivity contribution in [3.63, 3.8) is 0 Å². The predicted molar refractivity (Wildman–Crippen MR) is 181 cm³/mol. The number of aromatic nitrogens is 6. The summed E-state index contributed by atoms with van der Waals surface area (Å²) in [6, 6.07) is 8.01. The smallest absolute Gasteiger partial charge is 0.203 e. The molecule has 3 aromatic rings. The second kappa shape index (κ2) is 22.8. The lowest BCUT2D eigenvalue weighted by atomic mass is 10.1. The molecular formula is C29H44F2N10O2S2. The lowest BCUT2D eigenvalue weighted by Gasteiger charge is -2.13. The van der Waals surface area contributed by atoms with Crippen molar-refractivity contribution in [2.45, 2.75) is 60.0 Å². The molecule has 0 bridgehead atoms. The van der Waals surface area contributed by atoms with Gasteiger partial charge in [-0.3, -0.25) is 10.4 Å². The van der Waals surface area contributed by atoms with E-state index in [4.69, 9.17) is 4.74 Å². The molecular weight excluding hydrogens is 623 g/mol. The van der Waals surface area contributed by atoms with Crippen LogP contribution in [0.1, 0.15) is 70.0 Å². The van der Waals surface area contributed by atoms with Crippen LogP contribution in [0.2, 0.25) is 0 Å². The summed E-state index contributed by atoms with van der Waals surface area (Å²) in [6.07, 6.45) is 10.0. The normalized spacial score (nSPS) is 12.9. The first-order chi connectivity index (χ1) is 21.7. The Morgan fingerprint density at radius 1 is 1.24 bits per heavy atom. The fourth-order valence-corrected chi connectivity index (χ4v) is 3.99. The summed E-state index contributed by atoms with van der Waals surface area (Å²) in [5.74, 6) is 0.913.